The molecular weight excluding hydrogens is 488 g/mol. The first-order valence-corrected chi connectivity index (χ1v) is 12.5. The van der Waals surface area contributed by atoms with Crippen LogP contribution in [-0.4, -0.2) is 29.8 Å². The van der Waals surface area contributed by atoms with Crippen LogP contribution in [0.3, 0.4) is 0 Å². The smallest absolute Gasteiger partial charge is 0.214 e. The fraction of sp³-hybridized carbons (Fsp3) is 0.300. The summed E-state index contributed by atoms with van der Waals surface area (Å²) in [5.41, 5.74) is 1.51. The predicted molar refractivity (Wildman–Crippen MR) is 137 cm³/mol. The number of allylic oxidation sites excluding steroid dienone is 4. The second-order valence-electron chi connectivity index (χ2n) is 9.39. The zero-order valence-corrected chi connectivity index (χ0v) is 20.9. The van der Waals surface area contributed by atoms with Gasteiger partial charge < -0.3 is 14.2 Å². The molecule has 5 rings (SSSR count). The normalized spacial score (nSPS) is 20.0. The van der Waals surface area contributed by atoms with Crippen LogP contribution in [0.4, 0.5) is 8.78 Å². The average molecular weight is 516 g/mol. The summed E-state index contributed by atoms with van der Waals surface area (Å²) in [5, 5.41) is 9.01. The molecule has 6 nitrogen and oxygen atoms in total. The first-order chi connectivity index (χ1) is 18.5. The lowest BCUT2D eigenvalue weighted by molar-refractivity contribution is -0.0621. The Labute approximate surface area is 220 Å². The Hall–Kier alpha value is -4.09. The molecule has 2 unspecified atom stereocenters. The summed E-state index contributed by atoms with van der Waals surface area (Å²) >= 11 is 0. The highest BCUT2D eigenvalue weighted by molar-refractivity contribution is 5.61. The van der Waals surface area contributed by atoms with Gasteiger partial charge in [-0.3, -0.25) is 0 Å². The van der Waals surface area contributed by atoms with Gasteiger partial charge in [-0.1, -0.05) is 30.4 Å². The number of nitrogens with zero attached hydrogens (tertiary/aromatic N) is 3. The Kier molecular flexibility index (Phi) is 7.75. The van der Waals surface area contributed by atoms with E-state index in [0.717, 1.165) is 19.4 Å². The van der Waals surface area contributed by atoms with Crippen LogP contribution < -0.4 is 9.47 Å². The molecule has 2 aromatic heterocycles. The number of hydrogen-bond acceptors (Lipinski definition) is 6. The molecule has 1 aliphatic heterocycles. The van der Waals surface area contributed by atoms with Crippen molar-refractivity contribution >= 4 is 0 Å². The van der Waals surface area contributed by atoms with Gasteiger partial charge in [0.25, 0.3) is 0 Å². The average Bonchev–Trinajstić information content (AvgIpc) is 2.92. The Bertz CT molecular complexity index is 1410. The molecule has 2 aliphatic rings. The van der Waals surface area contributed by atoms with Crippen molar-refractivity contribution in [2.45, 2.75) is 32.0 Å². The van der Waals surface area contributed by atoms with E-state index in [1.807, 2.05) is 18.2 Å². The SMILES string of the molecule is COc1cc(C#N)ncc1COc1cccc(-c2cc(F)c(CC3C=CC=C[C@@H]3CC3CCO3)cc2F)n1. The highest BCUT2D eigenvalue weighted by atomic mass is 19.1. The number of pyridine rings is 2. The van der Waals surface area contributed by atoms with Crippen LogP contribution in [-0.2, 0) is 17.8 Å². The van der Waals surface area contributed by atoms with Crippen LogP contribution in [0.2, 0.25) is 0 Å². The maximum Gasteiger partial charge on any atom is 0.214 e. The maximum atomic E-state index is 15.2. The first-order valence-electron chi connectivity index (χ1n) is 12.5. The largest absolute Gasteiger partial charge is 0.496 e. The van der Waals surface area contributed by atoms with E-state index in [4.69, 9.17) is 19.5 Å². The molecule has 0 radical (unpaired) electrons. The number of methoxy groups -OCH3 is 1. The van der Waals surface area contributed by atoms with Crippen LogP contribution >= 0.6 is 0 Å². The molecule has 1 saturated heterocycles. The van der Waals surface area contributed by atoms with Gasteiger partial charge in [-0.05, 0) is 54.9 Å². The van der Waals surface area contributed by atoms with E-state index >= 15 is 8.78 Å². The second kappa shape index (κ2) is 11.5. The molecular formula is C30H27F2N3O3. The van der Waals surface area contributed by atoms with Crippen LogP contribution in [0.15, 0.2) is 66.9 Å². The minimum atomic E-state index is -0.543. The minimum absolute atomic E-state index is 0.0628. The molecule has 0 spiro atoms. The third-order valence-electron chi connectivity index (χ3n) is 6.95. The Balaban J connectivity index is 1.30. The number of nitriles is 1. The van der Waals surface area contributed by atoms with Gasteiger partial charge in [0, 0.05) is 36.1 Å². The molecule has 38 heavy (non-hydrogen) atoms. The molecule has 194 valence electrons. The maximum absolute atomic E-state index is 15.2. The fourth-order valence-corrected chi connectivity index (χ4v) is 4.76. The van der Waals surface area contributed by atoms with Crippen molar-refractivity contribution in [2.24, 2.45) is 11.8 Å². The standard InChI is InChI=1S/C30H27F2N3O3/c1-36-29-14-23(16-33)34-17-22(29)18-38-30-8-4-7-28(35-30)25-15-26(31)21(13-27(25)32)11-19-5-2-3-6-20(19)12-24-9-10-37-24/h2-8,13-15,17,19-20,24H,9-12,18H2,1H3/t19?,20-,24?/m1/s1. The van der Waals surface area contributed by atoms with Gasteiger partial charge in [0.15, 0.2) is 0 Å². The van der Waals surface area contributed by atoms with E-state index in [1.165, 1.54) is 31.5 Å². The Morgan fingerprint density at radius 3 is 2.63 bits per heavy atom. The topological polar surface area (TPSA) is 77.3 Å². The summed E-state index contributed by atoms with van der Waals surface area (Å²) in [4.78, 5) is 8.41. The van der Waals surface area contributed by atoms with Crippen molar-refractivity contribution in [1.82, 2.24) is 9.97 Å². The van der Waals surface area contributed by atoms with Crippen LogP contribution in [0.1, 0.15) is 29.7 Å². The van der Waals surface area contributed by atoms with Gasteiger partial charge in [0.05, 0.1) is 18.9 Å². The van der Waals surface area contributed by atoms with Crippen molar-refractivity contribution in [1.29, 1.82) is 5.26 Å². The molecule has 1 aliphatic carbocycles. The quantitative estimate of drug-likeness (QED) is 0.350. The number of rotatable bonds is 9. The summed E-state index contributed by atoms with van der Waals surface area (Å²) in [6.45, 7) is 0.870. The molecule has 0 bridgehead atoms. The zero-order chi connectivity index (χ0) is 26.5. The summed E-state index contributed by atoms with van der Waals surface area (Å²) in [7, 11) is 1.49. The summed E-state index contributed by atoms with van der Waals surface area (Å²) in [6.07, 6.45) is 12.2. The minimum Gasteiger partial charge on any atom is -0.496 e. The van der Waals surface area contributed by atoms with Crippen molar-refractivity contribution in [3.8, 4) is 29.0 Å². The fourth-order valence-electron chi connectivity index (χ4n) is 4.76. The molecule has 3 atom stereocenters. The third kappa shape index (κ3) is 5.74. The molecule has 0 amide bonds. The van der Waals surface area contributed by atoms with E-state index < -0.39 is 11.6 Å². The lowest BCUT2D eigenvalue weighted by atomic mass is 9.79. The summed E-state index contributed by atoms with van der Waals surface area (Å²) < 4.78 is 47.1. The number of benzene rings is 1. The number of hydrogen-bond donors (Lipinski definition) is 0. The van der Waals surface area contributed by atoms with Gasteiger partial charge in [-0.2, -0.15) is 5.26 Å². The highest BCUT2D eigenvalue weighted by Crippen LogP contribution is 2.33. The van der Waals surface area contributed by atoms with E-state index in [9.17, 15) is 0 Å². The third-order valence-corrected chi connectivity index (χ3v) is 6.95. The van der Waals surface area contributed by atoms with Crippen molar-refractivity contribution in [3.63, 3.8) is 0 Å². The van der Waals surface area contributed by atoms with Gasteiger partial charge >= 0.3 is 0 Å². The number of aromatic nitrogens is 2. The molecule has 3 heterocycles. The summed E-state index contributed by atoms with van der Waals surface area (Å²) in [5.74, 6) is -0.0109. The first kappa shape index (κ1) is 25.6. The van der Waals surface area contributed by atoms with Gasteiger partial charge in [0.1, 0.15) is 35.8 Å². The second-order valence-corrected chi connectivity index (χ2v) is 9.39. The monoisotopic (exact) mass is 515 g/mol. The van der Waals surface area contributed by atoms with Crippen LogP contribution in [0.25, 0.3) is 11.3 Å². The lowest BCUT2D eigenvalue weighted by Crippen LogP contribution is -2.31. The molecule has 0 saturated carbocycles. The van der Waals surface area contributed by atoms with Crippen LogP contribution in [0.5, 0.6) is 11.6 Å². The van der Waals surface area contributed by atoms with Crippen LogP contribution in [0, 0.1) is 34.8 Å². The Morgan fingerprint density at radius 2 is 1.89 bits per heavy atom. The van der Waals surface area contributed by atoms with E-state index in [2.05, 4.69) is 22.1 Å². The lowest BCUT2D eigenvalue weighted by Gasteiger charge is -2.33. The van der Waals surface area contributed by atoms with Gasteiger partial charge in [-0.25, -0.2) is 18.7 Å². The number of ether oxygens (including phenoxy) is 3. The highest BCUT2D eigenvalue weighted by Gasteiger charge is 2.28. The van der Waals surface area contributed by atoms with Crippen molar-refractivity contribution in [2.75, 3.05) is 13.7 Å². The zero-order valence-electron chi connectivity index (χ0n) is 20.9. The van der Waals surface area contributed by atoms with Gasteiger partial charge in [-0.15, -0.1) is 0 Å². The molecule has 1 aromatic carbocycles. The summed E-state index contributed by atoms with van der Waals surface area (Å²) in [6, 6.07) is 10.9. The Morgan fingerprint density at radius 1 is 1.08 bits per heavy atom. The van der Waals surface area contributed by atoms with Crippen molar-refractivity contribution in [3.05, 3.63) is 95.4 Å². The van der Waals surface area contributed by atoms with Gasteiger partial charge in [0.2, 0.25) is 5.88 Å². The molecule has 0 N–H and O–H groups in total. The van der Waals surface area contributed by atoms with E-state index in [1.54, 1.807) is 18.2 Å². The molecule has 1 fully saturated rings. The number of halogens is 2. The van der Waals surface area contributed by atoms with E-state index in [0.29, 0.717) is 23.3 Å². The van der Waals surface area contributed by atoms with E-state index in [-0.39, 0.29) is 47.4 Å². The molecule has 8 heteroatoms. The predicted octanol–water partition coefficient (Wildman–Crippen LogP) is 5.96. The molecule has 3 aromatic rings. The van der Waals surface area contributed by atoms with Crippen molar-refractivity contribution < 1.29 is 23.0 Å².